The summed E-state index contributed by atoms with van der Waals surface area (Å²) in [5.41, 5.74) is 5.04. The van der Waals surface area contributed by atoms with Crippen LogP contribution in [0.1, 0.15) is 25.7 Å². The second kappa shape index (κ2) is 8.24. The van der Waals surface area contributed by atoms with Crippen molar-refractivity contribution in [2.45, 2.75) is 31.2 Å². The Labute approximate surface area is 167 Å². The Bertz CT molecular complexity index is 821. The number of hydrogen-bond acceptors (Lipinski definition) is 6. The van der Waals surface area contributed by atoms with E-state index >= 15 is 0 Å². The Morgan fingerprint density at radius 2 is 2.00 bits per heavy atom. The summed E-state index contributed by atoms with van der Waals surface area (Å²) in [6, 6.07) is 1.64. The average molecular weight is 407 g/mol. The van der Waals surface area contributed by atoms with Crippen LogP contribution >= 0.6 is 11.6 Å². The van der Waals surface area contributed by atoms with Crippen molar-refractivity contribution < 1.29 is 14.4 Å². The highest BCUT2D eigenvalue weighted by atomic mass is 35.5. The van der Waals surface area contributed by atoms with Gasteiger partial charge in [-0.15, -0.1) is 0 Å². The number of nitrogens with one attached hydrogen (secondary N) is 3. The van der Waals surface area contributed by atoms with Gasteiger partial charge in [-0.05, 0) is 37.7 Å². The highest BCUT2D eigenvalue weighted by Crippen LogP contribution is 2.38. The smallest absolute Gasteiger partial charge is 0.267 e. The molecule has 0 radical (unpaired) electrons. The quantitative estimate of drug-likeness (QED) is 0.562. The van der Waals surface area contributed by atoms with Crippen molar-refractivity contribution in [3.63, 3.8) is 0 Å². The van der Waals surface area contributed by atoms with Gasteiger partial charge in [0.1, 0.15) is 11.3 Å². The van der Waals surface area contributed by atoms with E-state index in [0.29, 0.717) is 36.4 Å². The average Bonchev–Trinajstić information content (AvgIpc) is 3.15. The van der Waals surface area contributed by atoms with E-state index in [-0.39, 0.29) is 30.1 Å². The summed E-state index contributed by atoms with van der Waals surface area (Å²) in [7, 11) is 1.49. The minimum atomic E-state index is -1.30. The number of pyridine rings is 1. The Hall–Kier alpha value is -2.52. The summed E-state index contributed by atoms with van der Waals surface area (Å²) in [5, 5.41) is 8.75. The van der Waals surface area contributed by atoms with E-state index in [1.807, 2.05) is 0 Å². The first kappa shape index (κ1) is 20.2. The second-order valence-corrected chi connectivity index (χ2v) is 7.39. The molecule has 0 bridgehead atoms. The Morgan fingerprint density at radius 1 is 1.29 bits per heavy atom. The number of nitrogens with zero attached hydrogens (tertiary/aromatic N) is 2. The van der Waals surface area contributed by atoms with E-state index < -0.39 is 17.4 Å². The number of amides is 3. The number of aromatic nitrogens is 1. The fourth-order valence-corrected chi connectivity index (χ4v) is 4.23. The summed E-state index contributed by atoms with van der Waals surface area (Å²) < 4.78 is 0. The van der Waals surface area contributed by atoms with Gasteiger partial charge in [-0.1, -0.05) is 11.6 Å². The van der Waals surface area contributed by atoms with Gasteiger partial charge in [0.05, 0.1) is 17.4 Å². The van der Waals surface area contributed by atoms with Crippen LogP contribution in [0.5, 0.6) is 0 Å². The molecule has 2 aliphatic rings. The van der Waals surface area contributed by atoms with Crippen molar-refractivity contribution in [2.75, 3.05) is 19.0 Å². The molecule has 1 fully saturated rings. The molecule has 3 rings (SSSR count). The van der Waals surface area contributed by atoms with Crippen LogP contribution in [0.4, 0.5) is 5.69 Å². The molecule has 2 heterocycles. The van der Waals surface area contributed by atoms with Crippen LogP contribution in [0.15, 0.2) is 23.5 Å². The summed E-state index contributed by atoms with van der Waals surface area (Å²) in [5.74, 6) is -1.59. The zero-order valence-electron chi connectivity index (χ0n) is 15.5. The normalized spacial score (nSPS) is 27.0. The lowest BCUT2D eigenvalue weighted by atomic mass is 9.69. The highest BCUT2D eigenvalue weighted by Gasteiger charge is 2.54. The number of halogens is 1. The number of rotatable bonds is 5. The van der Waals surface area contributed by atoms with Crippen molar-refractivity contribution in [1.29, 1.82) is 0 Å². The lowest BCUT2D eigenvalue weighted by molar-refractivity contribution is -0.126. The summed E-state index contributed by atoms with van der Waals surface area (Å²) >= 11 is 6.04. The number of carbonyl (C=O) groups is 3. The van der Waals surface area contributed by atoms with E-state index in [2.05, 4.69) is 25.9 Å². The van der Waals surface area contributed by atoms with Crippen molar-refractivity contribution in [1.82, 2.24) is 15.6 Å². The van der Waals surface area contributed by atoms with Gasteiger partial charge in [-0.3, -0.25) is 29.7 Å². The Morgan fingerprint density at radius 3 is 2.61 bits per heavy atom. The largest absolute Gasteiger partial charge is 0.368 e. The topological polar surface area (TPSA) is 139 Å². The third-order valence-electron chi connectivity index (χ3n) is 5.54. The molecular weight excluding hydrogens is 384 g/mol. The van der Waals surface area contributed by atoms with Gasteiger partial charge in [0.25, 0.3) is 5.91 Å². The lowest BCUT2D eigenvalue weighted by Crippen LogP contribution is -2.65. The van der Waals surface area contributed by atoms with Crippen molar-refractivity contribution in [3.05, 3.63) is 23.5 Å². The molecule has 9 nitrogen and oxygen atoms in total. The molecule has 28 heavy (non-hydrogen) atoms. The first-order valence-electron chi connectivity index (χ1n) is 9.12. The molecule has 0 saturated heterocycles. The van der Waals surface area contributed by atoms with Crippen LogP contribution in [-0.2, 0) is 14.4 Å². The number of carbonyl (C=O) groups excluding carboxylic acids is 3. The Kier molecular flexibility index (Phi) is 5.95. The van der Waals surface area contributed by atoms with Gasteiger partial charge in [0.2, 0.25) is 11.8 Å². The van der Waals surface area contributed by atoms with E-state index in [1.54, 1.807) is 12.3 Å². The predicted octanol–water partition coefficient (Wildman–Crippen LogP) is 0.452. The fourth-order valence-electron chi connectivity index (χ4n) is 4.06. The molecule has 150 valence electrons. The second-order valence-electron chi connectivity index (χ2n) is 6.99. The maximum atomic E-state index is 12.6. The van der Waals surface area contributed by atoms with E-state index in [1.165, 1.54) is 13.2 Å². The van der Waals surface area contributed by atoms with Gasteiger partial charge in [0.15, 0.2) is 0 Å². The molecule has 1 aromatic rings. The lowest BCUT2D eigenvalue weighted by Gasteiger charge is -2.39. The molecule has 5 N–H and O–H groups in total. The van der Waals surface area contributed by atoms with E-state index in [9.17, 15) is 14.4 Å². The number of aliphatic imine (C=N–C) groups is 1. The molecule has 3 amide bonds. The number of nitrogens with two attached hydrogens (primary N) is 1. The molecule has 1 atom stereocenters. The van der Waals surface area contributed by atoms with Crippen LogP contribution in [0, 0.1) is 11.8 Å². The van der Waals surface area contributed by atoms with Crippen molar-refractivity contribution in [2.24, 2.45) is 22.6 Å². The summed E-state index contributed by atoms with van der Waals surface area (Å²) in [6.45, 7) is 0.159. The Balaban J connectivity index is 1.69. The predicted molar refractivity (Wildman–Crippen MR) is 105 cm³/mol. The van der Waals surface area contributed by atoms with Gasteiger partial charge in [-0.2, -0.15) is 0 Å². The SMILES string of the molecule is CNC(=O)C1=NCNC1(C(N)=O)C1CCC(C(=O)Nc2ccncc2Cl)CC1. The maximum Gasteiger partial charge on any atom is 0.267 e. The number of primary amides is 1. The first-order valence-corrected chi connectivity index (χ1v) is 9.50. The molecule has 10 heteroatoms. The van der Waals surface area contributed by atoms with Gasteiger partial charge < -0.3 is 16.4 Å². The minimum Gasteiger partial charge on any atom is -0.368 e. The van der Waals surface area contributed by atoms with Crippen LogP contribution in [0.2, 0.25) is 5.02 Å². The summed E-state index contributed by atoms with van der Waals surface area (Å²) in [4.78, 5) is 45.2. The fraction of sp³-hybridized carbons (Fsp3) is 0.500. The molecule has 1 unspecified atom stereocenters. The van der Waals surface area contributed by atoms with E-state index in [4.69, 9.17) is 17.3 Å². The summed E-state index contributed by atoms with van der Waals surface area (Å²) in [6.07, 6.45) is 5.28. The van der Waals surface area contributed by atoms with Crippen LogP contribution in [0.3, 0.4) is 0 Å². The zero-order valence-corrected chi connectivity index (χ0v) is 16.3. The third-order valence-corrected chi connectivity index (χ3v) is 5.84. The highest BCUT2D eigenvalue weighted by molar-refractivity contribution is 6.47. The third kappa shape index (κ3) is 3.59. The molecule has 1 aromatic heterocycles. The van der Waals surface area contributed by atoms with Gasteiger partial charge in [0, 0.05) is 25.4 Å². The van der Waals surface area contributed by atoms with E-state index in [0.717, 1.165) is 0 Å². The van der Waals surface area contributed by atoms with Crippen LogP contribution in [-0.4, -0.2) is 47.7 Å². The van der Waals surface area contributed by atoms with Gasteiger partial charge >= 0.3 is 0 Å². The standard InChI is InChI=1S/C18H23ClN6O3/c1-21-16(27)14-18(17(20)28,24-9-23-14)11-4-2-10(3-5-11)15(26)25-13-6-7-22-8-12(13)19/h6-8,10-11,24H,2-5,9H2,1H3,(H2,20,28)(H,21,27)(H,22,25,26). The molecule has 0 spiro atoms. The molecular formula is C18H23ClN6O3. The molecule has 1 saturated carbocycles. The first-order chi connectivity index (χ1) is 13.4. The number of hydrogen-bond donors (Lipinski definition) is 4. The number of anilines is 1. The monoisotopic (exact) mass is 406 g/mol. The van der Waals surface area contributed by atoms with Crippen LogP contribution in [0.25, 0.3) is 0 Å². The van der Waals surface area contributed by atoms with Crippen molar-refractivity contribution >= 4 is 40.7 Å². The van der Waals surface area contributed by atoms with Crippen LogP contribution < -0.4 is 21.7 Å². The van der Waals surface area contributed by atoms with Crippen molar-refractivity contribution in [3.8, 4) is 0 Å². The molecule has 1 aliphatic carbocycles. The maximum absolute atomic E-state index is 12.6. The zero-order chi connectivity index (χ0) is 20.3. The minimum absolute atomic E-state index is 0.124. The molecule has 0 aromatic carbocycles. The molecule has 1 aliphatic heterocycles. The van der Waals surface area contributed by atoms with Gasteiger partial charge in [-0.25, -0.2) is 0 Å².